The van der Waals surface area contributed by atoms with Crippen LogP contribution in [0.2, 0.25) is 0 Å². The Hall–Kier alpha value is -0.540. The van der Waals surface area contributed by atoms with Crippen molar-refractivity contribution in [2.45, 2.75) is 18.8 Å². The minimum absolute atomic E-state index is 0.699. The van der Waals surface area contributed by atoms with Crippen LogP contribution >= 0.6 is 24.8 Å². The van der Waals surface area contributed by atoms with Gasteiger partial charge in [0, 0.05) is 13.1 Å². The van der Waals surface area contributed by atoms with Crippen molar-refractivity contribution >= 4 is 29.2 Å². The van der Waals surface area contributed by atoms with Gasteiger partial charge in [0.05, 0.1) is 0 Å². The Morgan fingerprint density at radius 3 is 2.33 bits per heavy atom. The molecule has 1 saturated heterocycles. The Bertz CT molecular complexity index is 329. The van der Waals surface area contributed by atoms with Crippen molar-refractivity contribution in [1.82, 2.24) is 4.90 Å². The first-order valence-corrected chi connectivity index (χ1v) is 6.16. The molecule has 0 saturated carbocycles. The highest BCUT2D eigenvalue weighted by molar-refractivity contribution is 8.10. The average Bonchev–Trinajstić information content (AvgIpc) is 2.30. The molecule has 0 spiro atoms. The minimum atomic E-state index is 0.699. The van der Waals surface area contributed by atoms with Crippen LogP contribution in [0.3, 0.4) is 0 Å². The number of piperidine rings is 1. The zero-order chi connectivity index (χ0) is 10.7. The normalized spacial score (nSPS) is 17.8. The Balaban J connectivity index is 1.97. The zero-order valence-corrected chi connectivity index (χ0v) is 10.3. The van der Waals surface area contributed by atoms with Crippen LogP contribution in [-0.4, -0.2) is 22.3 Å². The van der Waals surface area contributed by atoms with Crippen molar-refractivity contribution in [2.75, 3.05) is 13.1 Å². The molecule has 1 aliphatic heterocycles. The van der Waals surface area contributed by atoms with Crippen molar-refractivity contribution in [2.24, 2.45) is 0 Å². The van der Waals surface area contributed by atoms with Crippen molar-refractivity contribution in [1.29, 1.82) is 0 Å². The van der Waals surface area contributed by atoms with Crippen LogP contribution in [0.4, 0.5) is 0 Å². The van der Waals surface area contributed by atoms with Crippen molar-refractivity contribution in [3.05, 3.63) is 35.9 Å². The average molecular weight is 237 g/mol. The summed E-state index contributed by atoms with van der Waals surface area (Å²) >= 11 is 9.28. The van der Waals surface area contributed by atoms with Gasteiger partial charge in [-0.25, -0.2) is 0 Å². The van der Waals surface area contributed by atoms with Gasteiger partial charge in [-0.1, -0.05) is 42.5 Å². The molecule has 1 aromatic rings. The lowest BCUT2D eigenvalue weighted by molar-refractivity contribution is 0.322. The van der Waals surface area contributed by atoms with Crippen LogP contribution in [0, 0.1) is 0 Å². The third-order valence-corrected chi connectivity index (χ3v) is 3.58. The Morgan fingerprint density at radius 2 is 1.80 bits per heavy atom. The van der Waals surface area contributed by atoms with Gasteiger partial charge in [0.25, 0.3) is 0 Å². The molecule has 80 valence electrons. The molecule has 0 N–H and O–H groups in total. The fraction of sp³-hybridized carbons (Fsp3) is 0.417. The van der Waals surface area contributed by atoms with E-state index < -0.39 is 0 Å². The van der Waals surface area contributed by atoms with E-state index in [4.69, 9.17) is 12.2 Å². The predicted octanol–water partition coefficient (Wildman–Crippen LogP) is 3.08. The molecule has 15 heavy (non-hydrogen) atoms. The van der Waals surface area contributed by atoms with Crippen LogP contribution in [0.15, 0.2) is 30.3 Å². The van der Waals surface area contributed by atoms with Gasteiger partial charge >= 0.3 is 0 Å². The molecule has 0 bridgehead atoms. The van der Waals surface area contributed by atoms with Gasteiger partial charge in [-0.2, -0.15) is 0 Å². The van der Waals surface area contributed by atoms with E-state index in [2.05, 4.69) is 47.9 Å². The number of thiocarbonyl (C=S) groups is 1. The summed E-state index contributed by atoms with van der Waals surface area (Å²) in [5.41, 5.74) is 1.46. The summed E-state index contributed by atoms with van der Waals surface area (Å²) in [6.07, 6.45) is 2.37. The minimum Gasteiger partial charge on any atom is -0.358 e. The van der Waals surface area contributed by atoms with Crippen LogP contribution in [0.25, 0.3) is 0 Å². The maximum Gasteiger partial charge on any atom is 0.133 e. The van der Waals surface area contributed by atoms with E-state index in [0.29, 0.717) is 5.92 Å². The second-order valence-electron chi connectivity index (χ2n) is 3.95. The Morgan fingerprint density at radius 1 is 1.20 bits per heavy atom. The molecule has 0 aliphatic carbocycles. The highest BCUT2D eigenvalue weighted by Crippen LogP contribution is 2.27. The predicted molar refractivity (Wildman–Crippen MR) is 71.6 cm³/mol. The van der Waals surface area contributed by atoms with Gasteiger partial charge in [-0.3, -0.25) is 0 Å². The van der Waals surface area contributed by atoms with Gasteiger partial charge in [0.15, 0.2) is 0 Å². The third kappa shape index (κ3) is 2.73. The molecule has 2 rings (SSSR count). The number of likely N-dealkylation sites (tertiary alicyclic amines) is 1. The molecule has 0 aromatic heterocycles. The summed E-state index contributed by atoms with van der Waals surface area (Å²) in [5.74, 6) is 0.699. The molecular weight excluding hydrogens is 222 g/mol. The van der Waals surface area contributed by atoms with Crippen molar-refractivity contribution < 1.29 is 0 Å². The smallest absolute Gasteiger partial charge is 0.133 e. The summed E-state index contributed by atoms with van der Waals surface area (Å²) < 4.78 is 0.738. The second-order valence-corrected chi connectivity index (χ2v) is 5.07. The molecule has 1 heterocycles. The van der Waals surface area contributed by atoms with Gasteiger partial charge in [-0.05, 0) is 24.3 Å². The standard InChI is InChI=1S/C12H15NS2/c14-12(15)13-8-6-11(7-9-13)10-4-2-1-3-5-10/h1-5,11H,6-9H2,(H,14,15). The molecule has 1 aliphatic rings. The lowest BCUT2D eigenvalue weighted by Gasteiger charge is -2.32. The summed E-state index contributed by atoms with van der Waals surface area (Å²) in [6.45, 7) is 2.09. The topological polar surface area (TPSA) is 3.24 Å². The quantitative estimate of drug-likeness (QED) is 0.590. The van der Waals surface area contributed by atoms with Crippen LogP contribution in [0.1, 0.15) is 24.3 Å². The van der Waals surface area contributed by atoms with E-state index in [1.807, 2.05) is 0 Å². The summed E-state index contributed by atoms with van der Waals surface area (Å²) in [7, 11) is 0. The number of benzene rings is 1. The first kappa shape index (κ1) is 11.0. The Kier molecular flexibility index (Phi) is 3.65. The molecule has 1 nitrogen and oxygen atoms in total. The van der Waals surface area contributed by atoms with E-state index in [0.717, 1.165) is 17.4 Å². The molecule has 0 amide bonds. The largest absolute Gasteiger partial charge is 0.358 e. The van der Waals surface area contributed by atoms with Gasteiger partial charge in [0.1, 0.15) is 4.32 Å². The maximum atomic E-state index is 5.06. The Labute approximate surface area is 102 Å². The molecule has 3 heteroatoms. The molecule has 0 unspecified atom stereocenters. The van der Waals surface area contributed by atoms with E-state index in [1.54, 1.807) is 0 Å². The molecule has 1 fully saturated rings. The van der Waals surface area contributed by atoms with E-state index in [9.17, 15) is 0 Å². The first-order valence-electron chi connectivity index (χ1n) is 5.30. The van der Waals surface area contributed by atoms with E-state index >= 15 is 0 Å². The van der Waals surface area contributed by atoms with Crippen LogP contribution < -0.4 is 0 Å². The summed E-state index contributed by atoms with van der Waals surface area (Å²) in [6, 6.07) is 10.7. The molecular formula is C12H15NS2. The number of nitrogens with zero attached hydrogens (tertiary/aromatic N) is 1. The summed E-state index contributed by atoms with van der Waals surface area (Å²) in [5, 5.41) is 0. The van der Waals surface area contributed by atoms with Gasteiger partial charge < -0.3 is 4.90 Å². The lowest BCUT2D eigenvalue weighted by Crippen LogP contribution is -2.34. The molecule has 0 atom stereocenters. The number of rotatable bonds is 1. The van der Waals surface area contributed by atoms with Crippen molar-refractivity contribution in [3.63, 3.8) is 0 Å². The molecule has 0 radical (unpaired) electrons. The second kappa shape index (κ2) is 4.99. The van der Waals surface area contributed by atoms with Gasteiger partial charge in [-0.15, -0.1) is 12.6 Å². The van der Waals surface area contributed by atoms with Crippen molar-refractivity contribution in [3.8, 4) is 0 Å². The zero-order valence-electron chi connectivity index (χ0n) is 8.60. The van der Waals surface area contributed by atoms with Gasteiger partial charge in [0.2, 0.25) is 0 Å². The number of thiol groups is 1. The maximum absolute atomic E-state index is 5.06. The third-order valence-electron chi connectivity index (χ3n) is 3.04. The molecule has 1 aromatic carbocycles. The van der Waals surface area contributed by atoms with Crippen LogP contribution in [0.5, 0.6) is 0 Å². The first-order chi connectivity index (χ1) is 7.27. The monoisotopic (exact) mass is 237 g/mol. The van der Waals surface area contributed by atoms with E-state index in [-0.39, 0.29) is 0 Å². The number of hydrogen-bond acceptors (Lipinski definition) is 1. The highest BCUT2D eigenvalue weighted by atomic mass is 32.1. The SMILES string of the molecule is S=C(S)N1CCC(c2ccccc2)CC1. The van der Waals surface area contributed by atoms with E-state index in [1.165, 1.54) is 18.4 Å². The van der Waals surface area contributed by atoms with Crippen LogP contribution in [-0.2, 0) is 0 Å². The fourth-order valence-corrected chi connectivity index (χ4v) is 2.51. The number of hydrogen-bond donors (Lipinski definition) is 1. The lowest BCUT2D eigenvalue weighted by atomic mass is 9.90. The summed E-state index contributed by atoms with van der Waals surface area (Å²) in [4.78, 5) is 2.18. The highest BCUT2D eigenvalue weighted by Gasteiger charge is 2.20. The fourth-order valence-electron chi connectivity index (χ4n) is 2.13.